The van der Waals surface area contributed by atoms with Gasteiger partial charge in [-0.3, -0.25) is 4.79 Å². The average molecular weight is 455 g/mol. The van der Waals surface area contributed by atoms with Crippen LogP contribution in [0.4, 0.5) is 11.5 Å². The molecule has 3 rings (SSSR count). The van der Waals surface area contributed by atoms with Crippen molar-refractivity contribution in [3.63, 3.8) is 0 Å². The van der Waals surface area contributed by atoms with E-state index in [1.165, 1.54) is 40.8 Å². The van der Waals surface area contributed by atoms with E-state index in [4.69, 9.17) is 16.3 Å². The third kappa shape index (κ3) is 5.04. The number of hydrogen-bond donors (Lipinski definition) is 1. The van der Waals surface area contributed by atoms with Crippen molar-refractivity contribution < 1.29 is 22.9 Å². The molecule has 0 atom stereocenters. The van der Waals surface area contributed by atoms with Crippen molar-refractivity contribution in [2.45, 2.75) is 24.2 Å². The second-order valence-corrected chi connectivity index (χ2v) is 8.84. The van der Waals surface area contributed by atoms with E-state index in [0.29, 0.717) is 13.1 Å². The summed E-state index contributed by atoms with van der Waals surface area (Å²) in [5, 5.41) is 13.5. The molecule has 30 heavy (non-hydrogen) atoms. The lowest BCUT2D eigenvalue weighted by atomic mass is 10.2. The Morgan fingerprint density at radius 3 is 2.70 bits per heavy atom. The minimum atomic E-state index is -3.79. The van der Waals surface area contributed by atoms with Crippen LogP contribution in [0.25, 0.3) is 0 Å². The summed E-state index contributed by atoms with van der Waals surface area (Å²) in [6.07, 6.45) is 3.78. The highest BCUT2D eigenvalue weighted by Crippen LogP contribution is 2.29. The SMILES string of the molecule is O=C(COc1cccnc1[N+](=O)[O-])Nc1ccc(Cl)c(S(=O)(=O)N2CCCCC2)c1. The molecule has 10 nitrogen and oxygen atoms in total. The predicted octanol–water partition coefficient (Wildman–Crippen LogP) is 2.84. The summed E-state index contributed by atoms with van der Waals surface area (Å²) in [5.41, 5.74) is 0.212. The third-order valence-corrected chi connectivity index (χ3v) is 6.81. The molecule has 1 aliphatic heterocycles. The number of nitro groups is 1. The summed E-state index contributed by atoms with van der Waals surface area (Å²) in [6.45, 7) is 0.323. The van der Waals surface area contributed by atoms with Crippen LogP contribution in [0.1, 0.15) is 19.3 Å². The molecule has 2 heterocycles. The van der Waals surface area contributed by atoms with Gasteiger partial charge in [-0.25, -0.2) is 8.42 Å². The van der Waals surface area contributed by atoms with Crippen molar-refractivity contribution in [3.8, 4) is 5.75 Å². The van der Waals surface area contributed by atoms with Crippen LogP contribution >= 0.6 is 11.6 Å². The average Bonchev–Trinajstić information content (AvgIpc) is 2.74. The number of aromatic nitrogens is 1. The van der Waals surface area contributed by atoms with Crippen LogP contribution in [0.2, 0.25) is 5.02 Å². The van der Waals surface area contributed by atoms with Crippen LogP contribution in [0.3, 0.4) is 0 Å². The molecule has 0 unspecified atom stereocenters. The summed E-state index contributed by atoms with van der Waals surface area (Å²) < 4.78 is 32.3. The monoisotopic (exact) mass is 454 g/mol. The topological polar surface area (TPSA) is 132 Å². The number of nitrogens with zero attached hydrogens (tertiary/aromatic N) is 3. The summed E-state index contributed by atoms with van der Waals surface area (Å²) >= 11 is 6.11. The molecule has 12 heteroatoms. The highest BCUT2D eigenvalue weighted by Gasteiger charge is 2.28. The fourth-order valence-corrected chi connectivity index (χ4v) is 5.01. The quantitative estimate of drug-likeness (QED) is 0.502. The van der Waals surface area contributed by atoms with Crippen LogP contribution in [0.15, 0.2) is 41.4 Å². The minimum absolute atomic E-state index is 0.0563. The van der Waals surface area contributed by atoms with E-state index in [-0.39, 0.29) is 21.4 Å². The Kier molecular flexibility index (Phi) is 6.85. The van der Waals surface area contributed by atoms with E-state index in [1.54, 1.807) is 0 Å². The molecule has 1 aromatic heterocycles. The second-order valence-electron chi connectivity index (χ2n) is 6.53. The van der Waals surface area contributed by atoms with E-state index in [9.17, 15) is 23.3 Å². The number of hydrogen-bond acceptors (Lipinski definition) is 7. The van der Waals surface area contributed by atoms with Gasteiger partial charge in [-0.2, -0.15) is 4.31 Å². The summed E-state index contributed by atoms with van der Waals surface area (Å²) in [7, 11) is -3.79. The van der Waals surface area contributed by atoms with E-state index in [1.807, 2.05) is 0 Å². The number of benzene rings is 1. The molecule has 2 aromatic rings. The summed E-state index contributed by atoms with van der Waals surface area (Å²) in [4.78, 5) is 25.9. The first-order valence-electron chi connectivity index (χ1n) is 9.11. The van der Waals surface area contributed by atoms with E-state index >= 15 is 0 Å². The highest BCUT2D eigenvalue weighted by molar-refractivity contribution is 7.89. The molecule has 0 bridgehead atoms. The normalized spacial score (nSPS) is 14.8. The standard InChI is InChI=1S/C18H19ClN4O6S/c19-14-7-6-13(11-16(14)30(27,28)22-9-2-1-3-10-22)21-17(24)12-29-15-5-4-8-20-18(15)23(25)26/h4-8,11H,1-3,9-10,12H2,(H,21,24). The number of halogens is 1. The second kappa shape index (κ2) is 9.37. The lowest BCUT2D eigenvalue weighted by Gasteiger charge is -2.26. The lowest BCUT2D eigenvalue weighted by Crippen LogP contribution is -2.35. The first-order chi connectivity index (χ1) is 14.3. The van der Waals surface area contributed by atoms with Crippen LogP contribution < -0.4 is 10.1 Å². The third-order valence-electron chi connectivity index (χ3n) is 4.43. The molecule has 160 valence electrons. The summed E-state index contributed by atoms with van der Waals surface area (Å²) in [6, 6.07) is 6.90. The molecule has 0 saturated carbocycles. The smallest absolute Gasteiger partial charge is 0.406 e. The minimum Gasteiger partial charge on any atom is -0.476 e. The number of carbonyl (C=O) groups excluding carboxylic acids is 1. The Morgan fingerprint density at radius 1 is 1.27 bits per heavy atom. The predicted molar refractivity (Wildman–Crippen MR) is 109 cm³/mol. The van der Waals surface area contributed by atoms with Crippen molar-refractivity contribution in [3.05, 3.63) is 51.7 Å². The Hall–Kier alpha value is -2.76. The van der Waals surface area contributed by atoms with E-state index in [0.717, 1.165) is 19.3 Å². The molecule has 1 saturated heterocycles. The fraction of sp³-hybridized carbons (Fsp3) is 0.333. The number of nitrogens with one attached hydrogen (secondary N) is 1. The Balaban J connectivity index is 1.71. The molecule has 1 amide bonds. The van der Waals surface area contributed by atoms with Gasteiger partial charge in [0.1, 0.15) is 11.1 Å². The van der Waals surface area contributed by atoms with Gasteiger partial charge in [0.25, 0.3) is 5.91 Å². The maximum Gasteiger partial charge on any atom is 0.406 e. The fourth-order valence-electron chi connectivity index (χ4n) is 3.00. The molecule has 1 fully saturated rings. The molecule has 0 radical (unpaired) electrons. The number of rotatable bonds is 7. The number of pyridine rings is 1. The van der Waals surface area contributed by atoms with Crippen LogP contribution in [-0.2, 0) is 14.8 Å². The van der Waals surface area contributed by atoms with Gasteiger partial charge in [0, 0.05) is 18.8 Å². The van der Waals surface area contributed by atoms with Gasteiger partial charge in [-0.15, -0.1) is 0 Å². The van der Waals surface area contributed by atoms with Gasteiger partial charge in [-0.1, -0.05) is 18.0 Å². The molecule has 1 aromatic carbocycles. The van der Waals surface area contributed by atoms with Crippen molar-refractivity contribution in [2.24, 2.45) is 0 Å². The first-order valence-corrected chi connectivity index (χ1v) is 10.9. The number of ether oxygens (including phenoxy) is 1. The number of carbonyl (C=O) groups is 1. The largest absolute Gasteiger partial charge is 0.476 e. The maximum atomic E-state index is 12.9. The van der Waals surface area contributed by atoms with Crippen LogP contribution in [-0.4, -0.2) is 48.2 Å². The Labute approximate surface area is 178 Å². The first kappa shape index (κ1) is 21.9. The van der Waals surface area contributed by atoms with Gasteiger partial charge in [0.15, 0.2) is 6.61 Å². The lowest BCUT2D eigenvalue weighted by molar-refractivity contribution is -0.390. The molecule has 1 N–H and O–H groups in total. The number of sulfonamides is 1. The maximum absolute atomic E-state index is 12.9. The van der Waals surface area contributed by atoms with Crippen LogP contribution in [0.5, 0.6) is 5.75 Å². The number of anilines is 1. The van der Waals surface area contributed by atoms with Gasteiger partial charge in [0.2, 0.25) is 15.8 Å². The molecule has 1 aliphatic rings. The van der Waals surface area contributed by atoms with E-state index in [2.05, 4.69) is 10.3 Å². The number of piperidine rings is 1. The van der Waals surface area contributed by atoms with Crippen molar-refractivity contribution in [2.75, 3.05) is 25.0 Å². The van der Waals surface area contributed by atoms with Crippen molar-refractivity contribution in [1.29, 1.82) is 0 Å². The molecule has 0 spiro atoms. The van der Waals surface area contributed by atoms with Crippen LogP contribution in [0, 0.1) is 10.1 Å². The van der Waals surface area contributed by atoms with Gasteiger partial charge < -0.3 is 20.2 Å². The summed E-state index contributed by atoms with van der Waals surface area (Å²) in [5.74, 6) is -1.29. The zero-order chi connectivity index (χ0) is 21.7. The molecular weight excluding hydrogens is 436 g/mol. The molecule has 0 aliphatic carbocycles. The Morgan fingerprint density at radius 2 is 2.00 bits per heavy atom. The zero-order valence-electron chi connectivity index (χ0n) is 15.8. The Bertz CT molecular complexity index is 1060. The molecular formula is C18H19ClN4O6S. The zero-order valence-corrected chi connectivity index (χ0v) is 17.4. The highest BCUT2D eigenvalue weighted by atomic mass is 35.5. The van der Waals surface area contributed by atoms with Gasteiger partial charge in [-0.05, 0) is 53.1 Å². The van der Waals surface area contributed by atoms with E-state index < -0.39 is 33.3 Å². The van der Waals surface area contributed by atoms with Crippen molar-refractivity contribution >= 4 is 39.0 Å². The van der Waals surface area contributed by atoms with Gasteiger partial charge in [0.05, 0.1) is 5.02 Å². The van der Waals surface area contributed by atoms with Gasteiger partial charge >= 0.3 is 5.82 Å². The number of amides is 1. The van der Waals surface area contributed by atoms with Crippen molar-refractivity contribution in [1.82, 2.24) is 9.29 Å².